The summed E-state index contributed by atoms with van der Waals surface area (Å²) in [5, 5.41) is 11.7. The highest BCUT2D eigenvalue weighted by atomic mass is 16.6. The average Bonchev–Trinajstić information content (AvgIpc) is 3.04. The van der Waals surface area contributed by atoms with Gasteiger partial charge in [-0.05, 0) is 52.0 Å². The van der Waals surface area contributed by atoms with Crippen molar-refractivity contribution >= 4 is 18.0 Å². The Hall–Kier alpha value is -3.08. The molecule has 0 bridgehead atoms. The van der Waals surface area contributed by atoms with Gasteiger partial charge in [-0.15, -0.1) is 0 Å². The maximum Gasteiger partial charge on any atom is 0.410 e. The third kappa shape index (κ3) is 5.46. The lowest BCUT2D eigenvalue weighted by Gasteiger charge is -2.24. The quantitative estimate of drug-likeness (QED) is 0.793. The molecule has 0 radical (unpaired) electrons. The second kappa shape index (κ2) is 8.74. The maximum atomic E-state index is 12.6. The van der Waals surface area contributed by atoms with Crippen molar-refractivity contribution in [2.24, 2.45) is 5.92 Å². The van der Waals surface area contributed by atoms with E-state index in [0.717, 1.165) is 0 Å². The molecular weight excluding hydrogens is 362 g/mol. The van der Waals surface area contributed by atoms with Crippen LogP contribution < -0.4 is 5.32 Å². The summed E-state index contributed by atoms with van der Waals surface area (Å²) in [4.78, 5) is 38.6. The molecule has 0 unspecified atom stereocenters. The van der Waals surface area contributed by atoms with E-state index >= 15 is 0 Å². The van der Waals surface area contributed by atoms with E-state index in [1.807, 2.05) is 6.07 Å². The van der Waals surface area contributed by atoms with E-state index in [-0.39, 0.29) is 19.7 Å². The van der Waals surface area contributed by atoms with Crippen LogP contribution in [0.15, 0.2) is 24.3 Å². The Labute approximate surface area is 164 Å². The second-order valence-corrected chi connectivity index (χ2v) is 7.51. The number of amides is 2. The van der Waals surface area contributed by atoms with Crippen molar-refractivity contribution in [2.75, 3.05) is 19.7 Å². The molecule has 1 aromatic rings. The first-order valence-corrected chi connectivity index (χ1v) is 9.10. The fourth-order valence-electron chi connectivity index (χ4n) is 2.86. The molecule has 28 heavy (non-hydrogen) atoms. The van der Waals surface area contributed by atoms with Crippen LogP contribution in [-0.4, -0.2) is 54.2 Å². The highest BCUT2D eigenvalue weighted by molar-refractivity contribution is 5.95. The molecule has 2 amide bonds. The van der Waals surface area contributed by atoms with Crippen molar-refractivity contribution in [1.82, 2.24) is 10.2 Å². The third-order valence-electron chi connectivity index (χ3n) is 4.15. The first-order chi connectivity index (χ1) is 13.1. The molecule has 0 aliphatic carbocycles. The summed E-state index contributed by atoms with van der Waals surface area (Å²) in [6, 6.07) is 7.54. The normalized spacial score (nSPS) is 18.9. The summed E-state index contributed by atoms with van der Waals surface area (Å²) in [6.07, 6.45) is -0.545. The van der Waals surface area contributed by atoms with E-state index in [0.29, 0.717) is 11.1 Å². The summed E-state index contributed by atoms with van der Waals surface area (Å²) < 4.78 is 10.5. The van der Waals surface area contributed by atoms with E-state index < -0.39 is 35.5 Å². The number of likely N-dealkylation sites (tertiary alicyclic amines) is 1. The van der Waals surface area contributed by atoms with Crippen LogP contribution in [0.5, 0.6) is 0 Å². The molecule has 2 rings (SSSR count). The van der Waals surface area contributed by atoms with E-state index in [4.69, 9.17) is 14.7 Å². The predicted molar refractivity (Wildman–Crippen MR) is 100 cm³/mol. The van der Waals surface area contributed by atoms with Gasteiger partial charge in [-0.2, -0.15) is 5.26 Å². The first-order valence-electron chi connectivity index (χ1n) is 9.10. The third-order valence-corrected chi connectivity index (χ3v) is 4.15. The van der Waals surface area contributed by atoms with Crippen molar-refractivity contribution in [3.05, 3.63) is 35.4 Å². The fourth-order valence-corrected chi connectivity index (χ4v) is 2.86. The van der Waals surface area contributed by atoms with E-state index in [2.05, 4.69) is 5.32 Å². The molecule has 0 aromatic heterocycles. The lowest BCUT2D eigenvalue weighted by molar-refractivity contribution is -0.148. The molecular formula is C20H25N3O5. The van der Waals surface area contributed by atoms with Crippen LogP contribution in [0.25, 0.3) is 0 Å². The Morgan fingerprint density at radius 3 is 2.39 bits per heavy atom. The Bertz CT molecular complexity index is 777. The monoisotopic (exact) mass is 387 g/mol. The minimum Gasteiger partial charge on any atom is -0.466 e. The Kier molecular flexibility index (Phi) is 6.62. The van der Waals surface area contributed by atoms with Gasteiger partial charge in [0.05, 0.1) is 30.2 Å². The first kappa shape index (κ1) is 21.2. The van der Waals surface area contributed by atoms with Gasteiger partial charge in [0.1, 0.15) is 5.60 Å². The molecule has 2 atom stereocenters. The number of esters is 1. The number of carbonyl (C=O) groups is 3. The number of nitrogens with one attached hydrogen (secondary N) is 1. The van der Waals surface area contributed by atoms with Crippen LogP contribution >= 0.6 is 0 Å². The van der Waals surface area contributed by atoms with Gasteiger partial charge in [-0.3, -0.25) is 9.59 Å². The van der Waals surface area contributed by atoms with Gasteiger partial charge < -0.3 is 19.7 Å². The molecule has 1 N–H and O–H groups in total. The van der Waals surface area contributed by atoms with E-state index in [1.165, 1.54) is 17.0 Å². The summed E-state index contributed by atoms with van der Waals surface area (Å²) in [7, 11) is 0. The second-order valence-electron chi connectivity index (χ2n) is 7.51. The van der Waals surface area contributed by atoms with Crippen LogP contribution in [0.3, 0.4) is 0 Å². The summed E-state index contributed by atoms with van der Waals surface area (Å²) in [5.74, 6) is -1.55. The molecule has 8 nitrogen and oxygen atoms in total. The van der Waals surface area contributed by atoms with Gasteiger partial charge in [-0.1, -0.05) is 0 Å². The number of benzene rings is 1. The summed E-state index contributed by atoms with van der Waals surface area (Å²) in [5.41, 5.74) is 0.135. The molecule has 1 fully saturated rings. The van der Waals surface area contributed by atoms with Gasteiger partial charge in [0.15, 0.2) is 0 Å². The van der Waals surface area contributed by atoms with Gasteiger partial charge in [0.25, 0.3) is 5.91 Å². The summed E-state index contributed by atoms with van der Waals surface area (Å²) >= 11 is 0. The van der Waals surface area contributed by atoms with E-state index in [1.54, 1.807) is 39.8 Å². The number of nitrogens with zero attached hydrogens (tertiary/aromatic N) is 2. The molecule has 1 heterocycles. The highest BCUT2D eigenvalue weighted by Gasteiger charge is 2.42. The van der Waals surface area contributed by atoms with Gasteiger partial charge in [0.2, 0.25) is 0 Å². The van der Waals surface area contributed by atoms with Crippen molar-refractivity contribution < 1.29 is 23.9 Å². The van der Waals surface area contributed by atoms with Crippen LogP contribution in [0, 0.1) is 17.2 Å². The fraction of sp³-hybridized carbons (Fsp3) is 0.500. The molecule has 1 aromatic carbocycles. The standard InChI is InChI=1S/C20H25N3O5/c1-5-27-18(25)15-11-23(19(26)28-20(2,3)4)12-16(15)22-17(24)14-8-6-13(10-21)7-9-14/h6-9,15-16H,5,11-12H2,1-4H3,(H,22,24)/t15-,16-/m0/s1. The van der Waals surface area contributed by atoms with Crippen molar-refractivity contribution in [1.29, 1.82) is 5.26 Å². The number of hydrogen-bond acceptors (Lipinski definition) is 6. The van der Waals surface area contributed by atoms with Crippen molar-refractivity contribution in [3.8, 4) is 6.07 Å². The number of hydrogen-bond donors (Lipinski definition) is 1. The minimum absolute atomic E-state index is 0.103. The molecule has 0 spiro atoms. The number of carbonyl (C=O) groups excluding carboxylic acids is 3. The zero-order chi connectivity index (χ0) is 20.9. The predicted octanol–water partition coefficient (Wildman–Crippen LogP) is 2.09. The number of nitriles is 1. The lowest BCUT2D eigenvalue weighted by Crippen LogP contribution is -2.43. The van der Waals surface area contributed by atoms with E-state index in [9.17, 15) is 14.4 Å². The SMILES string of the molecule is CCOC(=O)[C@H]1CN(C(=O)OC(C)(C)C)C[C@@H]1NC(=O)c1ccc(C#N)cc1. The number of ether oxygens (including phenoxy) is 2. The average molecular weight is 387 g/mol. The number of rotatable bonds is 4. The zero-order valence-corrected chi connectivity index (χ0v) is 16.5. The molecule has 150 valence electrons. The van der Waals surface area contributed by atoms with Gasteiger partial charge in [-0.25, -0.2) is 4.79 Å². The minimum atomic E-state index is -0.685. The molecule has 1 aliphatic rings. The smallest absolute Gasteiger partial charge is 0.410 e. The van der Waals surface area contributed by atoms with Gasteiger partial charge in [0, 0.05) is 18.7 Å². The van der Waals surface area contributed by atoms with Crippen LogP contribution in [0.1, 0.15) is 43.6 Å². The maximum absolute atomic E-state index is 12.6. The van der Waals surface area contributed by atoms with Crippen LogP contribution in [-0.2, 0) is 14.3 Å². The molecule has 1 saturated heterocycles. The van der Waals surface area contributed by atoms with Crippen LogP contribution in [0.4, 0.5) is 4.79 Å². The molecule has 0 saturated carbocycles. The highest BCUT2D eigenvalue weighted by Crippen LogP contribution is 2.22. The Morgan fingerprint density at radius 2 is 1.86 bits per heavy atom. The largest absolute Gasteiger partial charge is 0.466 e. The molecule has 8 heteroatoms. The Morgan fingerprint density at radius 1 is 1.21 bits per heavy atom. The topological polar surface area (TPSA) is 109 Å². The Balaban J connectivity index is 2.13. The summed E-state index contributed by atoms with van der Waals surface area (Å²) in [6.45, 7) is 7.42. The van der Waals surface area contributed by atoms with Crippen molar-refractivity contribution in [3.63, 3.8) is 0 Å². The van der Waals surface area contributed by atoms with Crippen molar-refractivity contribution in [2.45, 2.75) is 39.3 Å². The zero-order valence-electron chi connectivity index (χ0n) is 16.5. The van der Waals surface area contributed by atoms with Gasteiger partial charge >= 0.3 is 12.1 Å². The van der Waals surface area contributed by atoms with Crippen LogP contribution in [0.2, 0.25) is 0 Å². The molecule has 1 aliphatic heterocycles. The lowest BCUT2D eigenvalue weighted by atomic mass is 10.0.